The number of aromatic nitrogens is 3. The van der Waals surface area contributed by atoms with Gasteiger partial charge in [-0.15, -0.1) is 5.10 Å². The summed E-state index contributed by atoms with van der Waals surface area (Å²) in [6, 6.07) is 5.92. The first-order valence-electron chi connectivity index (χ1n) is 4.79. The van der Waals surface area contributed by atoms with Gasteiger partial charge in [0.15, 0.2) is 0 Å². The molecule has 0 aliphatic carbocycles. The van der Waals surface area contributed by atoms with E-state index >= 15 is 0 Å². The molecule has 1 aromatic heterocycles. The van der Waals surface area contributed by atoms with Crippen LogP contribution in [0, 0.1) is 0 Å². The number of methoxy groups -OCH3 is 1. The van der Waals surface area contributed by atoms with Crippen LogP contribution < -0.4 is 0 Å². The van der Waals surface area contributed by atoms with Gasteiger partial charge in [0.05, 0.1) is 0 Å². The highest BCUT2D eigenvalue weighted by Gasteiger charge is 2.06. The van der Waals surface area contributed by atoms with E-state index in [1.807, 2.05) is 22.9 Å². The molecule has 0 atom stereocenters. The molecule has 0 amide bonds. The van der Waals surface area contributed by atoms with Gasteiger partial charge in [0.2, 0.25) is 0 Å². The zero-order chi connectivity index (χ0) is 10.7. The number of nitrogens with zero attached hydrogens (tertiary/aromatic N) is 3. The SMILES string of the molecule is COCCCn1nnc2cccc(Br)c21. The average molecular weight is 270 g/mol. The quantitative estimate of drug-likeness (QED) is 0.800. The molecule has 5 heteroatoms. The van der Waals surface area contributed by atoms with Gasteiger partial charge in [-0.1, -0.05) is 11.3 Å². The van der Waals surface area contributed by atoms with Gasteiger partial charge in [0, 0.05) is 24.7 Å². The summed E-state index contributed by atoms with van der Waals surface area (Å²) in [5.41, 5.74) is 1.97. The zero-order valence-electron chi connectivity index (χ0n) is 8.48. The van der Waals surface area contributed by atoms with Gasteiger partial charge in [-0.25, -0.2) is 4.68 Å². The smallest absolute Gasteiger partial charge is 0.114 e. The molecule has 80 valence electrons. The van der Waals surface area contributed by atoms with Crippen molar-refractivity contribution in [2.45, 2.75) is 13.0 Å². The number of hydrogen-bond acceptors (Lipinski definition) is 3. The van der Waals surface area contributed by atoms with E-state index in [1.54, 1.807) is 7.11 Å². The monoisotopic (exact) mass is 269 g/mol. The molecule has 0 bridgehead atoms. The van der Waals surface area contributed by atoms with E-state index in [9.17, 15) is 0 Å². The Morgan fingerprint density at radius 1 is 1.47 bits per heavy atom. The topological polar surface area (TPSA) is 39.9 Å². The fourth-order valence-corrected chi connectivity index (χ4v) is 2.06. The lowest BCUT2D eigenvalue weighted by atomic mass is 10.3. The van der Waals surface area contributed by atoms with Crippen LogP contribution in [0.25, 0.3) is 11.0 Å². The van der Waals surface area contributed by atoms with Crippen LogP contribution in [0.1, 0.15) is 6.42 Å². The van der Waals surface area contributed by atoms with Crippen LogP contribution in [-0.2, 0) is 11.3 Å². The lowest BCUT2D eigenvalue weighted by Gasteiger charge is -2.02. The molecule has 1 heterocycles. The van der Waals surface area contributed by atoms with Crippen LogP contribution in [0.2, 0.25) is 0 Å². The van der Waals surface area contributed by atoms with Crippen molar-refractivity contribution in [1.29, 1.82) is 0 Å². The van der Waals surface area contributed by atoms with Crippen LogP contribution in [-0.4, -0.2) is 28.7 Å². The molecular weight excluding hydrogens is 258 g/mol. The van der Waals surface area contributed by atoms with E-state index < -0.39 is 0 Å². The van der Waals surface area contributed by atoms with Gasteiger partial charge in [0.1, 0.15) is 11.0 Å². The third kappa shape index (κ3) is 2.18. The molecule has 0 saturated carbocycles. The molecule has 0 aliphatic rings. The summed E-state index contributed by atoms with van der Waals surface area (Å²) in [7, 11) is 1.70. The summed E-state index contributed by atoms with van der Waals surface area (Å²) in [6.07, 6.45) is 0.941. The summed E-state index contributed by atoms with van der Waals surface area (Å²) >= 11 is 3.50. The Bertz CT molecular complexity index is 455. The van der Waals surface area contributed by atoms with Crippen molar-refractivity contribution in [2.24, 2.45) is 0 Å². The minimum atomic E-state index is 0.742. The van der Waals surface area contributed by atoms with E-state index in [0.717, 1.165) is 35.1 Å². The summed E-state index contributed by atoms with van der Waals surface area (Å²) in [4.78, 5) is 0. The van der Waals surface area contributed by atoms with E-state index in [-0.39, 0.29) is 0 Å². The third-order valence-electron chi connectivity index (χ3n) is 2.20. The predicted octanol–water partition coefficient (Wildman–Crippen LogP) is 2.23. The first kappa shape index (κ1) is 10.6. The molecule has 0 spiro atoms. The molecule has 0 N–H and O–H groups in total. The molecule has 2 aromatic rings. The number of fused-ring (bicyclic) bond motifs is 1. The average Bonchev–Trinajstić information content (AvgIpc) is 2.63. The second-order valence-corrected chi connectivity index (χ2v) is 4.12. The zero-order valence-corrected chi connectivity index (χ0v) is 10.1. The lowest BCUT2D eigenvalue weighted by molar-refractivity contribution is 0.189. The molecule has 2 rings (SSSR count). The van der Waals surface area contributed by atoms with Crippen LogP contribution in [0.5, 0.6) is 0 Å². The van der Waals surface area contributed by atoms with Gasteiger partial charge in [-0.3, -0.25) is 0 Å². The fraction of sp³-hybridized carbons (Fsp3) is 0.400. The van der Waals surface area contributed by atoms with Crippen molar-refractivity contribution < 1.29 is 4.74 Å². The standard InChI is InChI=1S/C10H12BrN3O/c1-15-7-3-6-14-10-8(11)4-2-5-9(10)12-13-14/h2,4-5H,3,6-7H2,1H3. The molecule has 0 unspecified atom stereocenters. The minimum absolute atomic E-state index is 0.742. The number of rotatable bonds is 4. The highest BCUT2D eigenvalue weighted by atomic mass is 79.9. The Labute approximate surface area is 96.3 Å². The second kappa shape index (κ2) is 4.72. The summed E-state index contributed by atoms with van der Waals surface area (Å²) in [5.74, 6) is 0. The third-order valence-corrected chi connectivity index (χ3v) is 2.84. The highest BCUT2D eigenvalue weighted by molar-refractivity contribution is 9.10. The van der Waals surface area contributed by atoms with Crippen LogP contribution in [0.15, 0.2) is 22.7 Å². The van der Waals surface area contributed by atoms with Crippen molar-refractivity contribution in [3.05, 3.63) is 22.7 Å². The maximum absolute atomic E-state index is 5.01. The van der Waals surface area contributed by atoms with Crippen molar-refractivity contribution in [3.63, 3.8) is 0 Å². The maximum atomic E-state index is 5.01. The molecule has 0 radical (unpaired) electrons. The minimum Gasteiger partial charge on any atom is -0.385 e. The molecule has 4 nitrogen and oxygen atoms in total. The number of benzene rings is 1. The Balaban J connectivity index is 2.27. The molecule has 0 aliphatic heterocycles. The first-order valence-corrected chi connectivity index (χ1v) is 5.59. The highest BCUT2D eigenvalue weighted by Crippen LogP contribution is 2.21. The lowest BCUT2D eigenvalue weighted by Crippen LogP contribution is -2.03. The van der Waals surface area contributed by atoms with E-state index in [1.165, 1.54) is 0 Å². The van der Waals surface area contributed by atoms with Gasteiger partial charge in [0.25, 0.3) is 0 Å². The number of ether oxygens (including phenoxy) is 1. The van der Waals surface area contributed by atoms with Crippen molar-refractivity contribution in [2.75, 3.05) is 13.7 Å². The molecule has 0 saturated heterocycles. The first-order chi connectivity index (χ1) is 7.33. The number of hydrogen-bond donors (Lipinski definition) is 0. The second-order valence-electron chi connectivity index (χ2n) is 3.27. The van der Waals surface area contributed by atoms with E-state index in [2.05, 4.69) is 26.2 Å². The van der Waals surface area contributed by atoms with Crippen molar-refractivity contribution in [1.82, 2.24) is 15.0 Å². The molecular formula is C10H12BrN3O. The largest absolute Gasteiger partial charge is 0.385 e. The van der Waals surface area contributed by atoms with Crippen LogP contribution in [0.4, 0.5) is 0 Å². The van der Waals surface area contributed by atoms with Crippen molar-refractivity contribution >= 4 is 27.0 Å². The maximum Gasteiger partial charge on any atom is 0.114 e. The Kier molecular flexibility index (Phi) is 3.33. The Hall–Kier alpha value is -0.940. The normalized spacial score (nSPS) is 11.1. The summed E-state index contributed by atoms with van der Waals surface area (Å²) in [6.45, 7) is 1.57. The van der Waals surface area contributed by atoms with Gasteiger partial charge < -0.3 is 4.74 Å². The Morgan fingerprint density at radius 3 is 3.13 bits per heavy atom. The van der Waals surface area contributed by atoms with Gasteiger partial charge in [-0.05, 0) is 34.5 Å². The summed E-state index contributed by atoms with van der Waals surface area (Å²) < 4.78 is 7.94. The van der Waals surface area contributed by atoms with Crippen LogP contribution >= 0.6 is 15.9 Å². The van der Waals surface area contributed by atoms with E-state index in [0.29, 0.717) is 0 Å². The summed E-state index contributed by atoms with van der Waals surface area (Å²) in [5, 5.41) is 8.21. The molecule has 15 heavy (non-hydrogen) atoms. The molecule has 1 aromatic carbocycles. The van der Waals surface area contributed by atoms with E-state index in [4.69, 9.17) is 4.74 Å². The van der Waals surface area contributed by atoms with Crippen LogP contribution in [0.3, 0.4) is 0 Å². The van der Waals surface area contributed by atoms with Crippen molar-refractivity contribution in [3.8, 4) is 0 Å². The number of para-hydroxylation sites is 1. The Morgan fingerprint density at radius 2 is 2.33 bits per heavy atom. The molecule has 0 fully saturated rings. The fourth-order valence-electron chi connectivity index (χ4n) is 1.50. The van der Waals surface area contributed by atoms with Gasteiger partial charge >= 0.3 is 0 Å². The number of aryl methyl sites for hydroxylation is 1. The van der Waals surface area contributed by atoms with Gasteiger partial charge in [-0.2, -0.15) is 0 Å². The predicted molar refractivity (Wildman–Crippen MR) is 61.7 cm³/mol. The number of halogens is 1.